The molecule has 1 amide bonds. The van der Waals surface area contributed by atoms with Gasteiger partial charge in [-0.05, 0) is 73.9 Å². The van der Waals surface area contributed by atoms with Crippen molar-refractivity contribution in [3.8, 4) is 5.75 Å². The van der Waals surface area contributed by atoms with E-state index in [1.807, 2.05) is 38.4 Å². The van der Waals surface area contributed by atoms with Gasteiger partial charge in [0.25, 0.3) is 5.91 Å². The van der Waals surface area contributed by atoms with Crippen LogP contribution < -0.4 is 10.1 Å². The number of carbonyl (C=O) groups excluding carboxylic acids is 1. The minimum atomic E-state index is -0.0766. The third-order valence-electron chi connectivity index (χ3n) is 2.29. The van der Waals surface area contributed by atoms with Gasteiger partial charge >= 0.3 is 0 Å². The molecule has 0 aliphatic rings. The zero-order chi connectivity index (χ0) is 13.4. The molecule has 1 aromatic carbocycles. The maximum absolute atomic E-state index is 11.5. The standard InChI is InChI=1S/C13H19IN2O2/c1-16(2)9-3-8-15-13(17)10-18-12-6-4-11(14)5-7-12/h4-7H,3,8-10H2,1-2H3,(H,15,17). The lowest BCUT2D eigenvalue weighted by molar-refractivity contribution is -0.123. The normalized spacial score (nSPS) is 10.4. The molecule has 0 radical (unpaired) electrons. The van der Waals surface area contributed by atoms with Crippen molar-refractivity contribution in [3.63, 3.8) is 0 Å². The van der Waals surface area contributed by atoms with Crippen LogP contribution in [-0.4, -0.2) is 44.6 Å². The molecule has 1 N–H and O–H groups in total. The molecule has 0 unspecified atom stereocenters. The number of nitrogens with zero attached hydrogens (tertiary/aromatic N) is 1. The van der Waals surface area contributed by atoms with E-state index >= 15 is 0 Å². The van der Waals surface area contributed by atoms with E-state index in [1.54, 1.807) is 0 Å². The van der Waals surface area contributed by atoms with E-state index < -0.39 is 0 Å². The van der Waals surface area contributed by atoms with Gasteiger partial charge in [0.2, 0.25) is 0 Å². The molecule has 0 aliphatic carbocycles. The molecule has 0 heterocycles. The third-order valence-corrected chi connectivity index (χ3v) is 3.01. The van der Waals surface area contributed by atoms with Gasteiger partial charge in [-0.1, -0.05) is 0 Å². The van der Waals surface area contributed by atoms with Gasteiger partial charge in [-0.25, -0.2) is 0 Å². The fourth-order valence-electron chi connectivity index (χ4n) is 1.35. The molecule has 0 saturated carbocycles. The Labute approximate surface area is 122 Å². The van der Waals surface area contributed by atoms with Crippen LogP contribution in [0.2, 0.25) is 0 Å². The van der Waals surface area contributed by atoms with Gasteiger partial charge in [0.15, 0.2) is 6.61 Å². The second-order valence-electron chi connectivity index (χ2n) is 4.25. The van der Waals surface area contributed by atoms with Gasteiger partial charge < -0.3 is 15.0 Å². The summed E-state index contributed by atoms with van der Waals surface area (Å²) in [5.41, 5.74) is 0. The summed E-state index contributed by atoms with van der Waals surface area (Å²) in [6, 6.07) is 7.62. The van der Waals surface area contributed by atoms with Crippen molar-refractivity contribution >= 4 is 28.5 Å². The number of hydrogen-bond acceptors (Lipinski definition) is 3. The van der Waals surface area contributed by atoms with Crippen molar-refractivity contribution in [2.24, 2.45) is 0 Å². The number of rotatable bonds is 7. The lowest BCUT2D eigenvalue weighted by Gasteiger charge is -2.10. The minimum Gasteiger partial charge on any atom is -0.484 e. The molecule has 4 nitrogen and oxygen atoms in total. The molecule has 0 saturated heterocycles. The van der Waals surface area contributed by atoms with Gasteiger partial charge in [-0.2, -0.15) is 0 Å². The van der Waals surface area contributed by atoms with Crippen LogP contribution in [0.15, 0.2) is 24.3 Å². The summed E-state index contributed by atoms with van der Waals surface area (Å²) >= 11 is 2.23. The second kappa shape index (κ2) is 8.31. The van der Waals surface area contributed by atoms with E-state index in [1.165, 1.54) is 0 Å². The van der Waals surface area contributed by atoms with Crippen LogP contribution in [0.25, 0.3) is 0 Å². The number of amides is 1. The Morgan fingerprint density at radius 1 is 1.33 bits per heavy atom. The molecule has 5 heteroatoms. The van der Waals surface area contributed by atoms with Crippen molar-refractivity contribution in [1.29, 1.82) is 0 Å². The van der Waals surface area contributed by atoms with Gasteiger partial charge in [-0.15, -0.1) is 0 Å². The van der Waals surface area contributed by atoms with Crippen LogP contribution in [0.3, 0.4) is 0 Å². The molecule has 0 fully saturated rings. The molecule has 0 aromatic heterocycles. The van der Waals surface area contributed by atoms with E-state index in [4.69, 9.17) is 4.74 Å². The first kappa shape index (κ1) is 15.2. The summed E-state index contributed by atoms with van der Waals surface area (Å²) in [6.07, 6.45) is 0.947. The van der Waals surface area contributed by atoms with Gasteiger partial charge in [-0.3, -0.25) is 4.79 Å². The van der Waals surface area contributed by atoms with Crippen LogP contribution in [-0.2, 0) is 4.79 Å². The fourth-order valence-corrected chi connectivity index (χ4v) is 1.71. The quantitative estimate of drug-likeness (QED) is 0.594. The van der Waals surface area contributed by atoms with Crippen LogP contribution in [0.4, 0.5) is 0 Å². The first-order valence-corrected chi connectivity index (χ1v) is 6.95. The van der Waals surface area contributed by atoms with Crippen LogP contribution in [0, 0.1) is 3.57 Å². The Morgan fingerprint density at radius 2 is 2.00 bits per heavy atom. The Kier molecular flexibility index (Phi) is 7.04. The predicted octanol–water partition coefficient (Wildman–Crippen LogP) is 1.74. The molecule has 18 heavy (non-hydrogen) atoms. The van der Waals surface area contributed by atoms with Crippen molar-refractivity contribution in [3.05, 3.63) is 27.8 Å². The molecule has 0 spiro atoms. The molecule has 1 rings (SSSR count). The van der Waals surface area contributed by atoms with E-state index in [0.717, 1.165) is 22.3 Å². The van der Waals surface area contributed by atoms with Gasteiger partial charge in [0, 0.05) is 10.1 Å². The first-order chi connectivity index (χ1) is 8.58. The highest BCUT2D eigenvalue weighted by molar-refractivity contribution is 14.1. The second-order valence-corrected chi connectivity index (χ2v) is 5.50. The lowest BCUT2D eigenvalue weighted by atomic mass is 10.3. The van der Waals surface area contributed by atoms with Gasteiger partial charge in [0.1, 0.15) is 5.75 Å². The molecule has 0 bridgehead atoms. The number of halogens is 1. The van der Waals surface area contributed by atoms with Crippen LogP contribution in [0.1, 0.15) is 6.42 Å². The van der Waals surface area contributed by atoms with Crippen LogP contribution in [0.5, 0.6) is 5.75 Å². The van der Waals surface area contributed by atoms with E-state index in [0.29, 0.717) is 6.54 Å². The SMILES string of the molecule is CN(C)CCCNC(=O)COc1ccc(I)cc1. The highest BCUT2D eigenvalue weighted by Crippen LogP contribution is 2.13. The molecule has 100 valence electrons. The molecule has 0 aliphatic heterocycles. The number of ether oxygens (including phenoxy) is 1. The number of carbonyl (C=O) groups is 1. The Balaban J connectivity index is 2.15. The minimum absolute atomic E-state index is 0.0720. The molecule has 0 atom stereocenters. The summed E-state index contributed by atoms with van der Waals surface area (Å²) in [6.45, 7) is 1.73. The van der Waals surface area contributed by atoms with Crippen molar-refractivity contribution in [1.82, 2.24) is 10.2 Å². The Morgan fingerprint density at radius 3 is 2.61 bits per heavy atom. The lowest BCUT2D eigenvalue weighted by Crippen LogP contribution is -2.31. The highest BCUT2D eigenvalue weighted by atomic mass is 127. The molecular weight excluding hydrogens is 343 g/mol. The average Bonchev–Trinajstić information content (AvgIpc) is 2.34. The smallest absolute Gasteiger partial charge is 0.257 e. The predicted molar refractivity (Wildman–Crippen MR) is 80.8 cm³/mol. The molecular formula is C13H19IN2O2. The number of hydrogen-bond donors (Lipinski definition) is 1. The van der Waals surface area contributed by atoms with Crippen molar-refractivity contribution in [2.45, 2.75) is 6.42 Å². The Bertz CT molecular complexity index is 366. The third kappa shape index (κ3) is 6.80. The van der Waals surface area contributed by atoms with E-state index in [9.17, 15) is 4.79 Å². The monoisotopic (exact) mass is 362 g/mol. The summed E-state index contributed by atoms with van der Waals surface area (Å²) < 4.78 is 6.52. The number of nitrogens with one attached hydrogen (secondary N) is 1. The summed E-state index contributed by atoms with van der Waals surface area (Å²) in [5, 5.41) is 2.83. The van der Waals surface area contributed by atoms with E-state index in [-0.39, 0.29) is 12.5 Å². The maximum atomic E-state index is 11.5. The maximum Gasteiger partial charge on any atom is 0.257 e. The summed E-state index contributed by atoms with van der Waals surface area (Å²) in [7, 11) is 4.03. The van der Waals surface area contributed by atoms with Crippen molar-refractivity contribution in [2.75, 3.05) is 33.8 Å². The molecule has 1 aromatic rings. The fraction of sp³-hybridized carbons (Fsp3) is 0.462. The first-order valence-electron chi connectivity index (χ1n) is 5.88. The average molecular weight is 362 g/mol. The highest BCUT2D eigenvalue weighted by Gasteiger charge is 2.02. The topological polar surface area (TPSA) is 41.6 Å². The van der Waals surface area contributed by atoms with Crippen LogP contribution >= 0.6 is 22.6 Å². The zero-order valence-electron chi connectivity index (χ0n) is 10.8. The Hall–Kier alpha value is -0.820. The van der Waals surface area contributed by atoms with E-state index in [2.05, 4.69) is 32.8 Å². The zero-order valence-corrected chi connectivity index (χ0v) is 12.9. The van der Waals surface area contributed by atoms with Gasteiger partial charge in [0.05, 0.1) is 0 Å². The van der Waals surface area contributed by atoms with Crippen molar-refractivity contribution < 1.29 is 9.53 Å². The number of benzene rings is 1. The summed E-state index contributed by atoms with van der Waals surface area (Å²) in [5.74, 6) is 0.645. The summed E-state index contributed by atoms with van der Waals surface area (Å²) in [4.78, 5) is 13.6. The largest absolute Gasteiger partial charge is 0.484 e.